The van der Waals surface area contributed by atoms with E-state index in [0.717, 1.165) is 18.8 Å². The minimum absolute atomic E-state index is 0.114. The predicted molar refractivity (Wildman–Crippen MR) is 86.9 cm³/mol. The number of nitrogens with one attached hydrogen (secondary N) is 1. The lowest BCUT2D eigenvalue weighted by Gasteiger charge is -2.25. The van der Waals surface area contributed by atoms with Crippen LogP contribution in [0.15, 0.2) is 24.3 Å². The van der Waals surface area contributed by atoms with Crippen molar-refractivity contribution in [2.24, 2.45) is 0 Å². The van der Waals surface area contributed by atoms with Gasteiger partial charge in [0.05, 0.1) is 19.3 Å². The van der Waals surface area contributed by atoms with Crippen molar-refractivity contribution in [1.82, 2.24) is 5.32 Å². The van der Waals surface area contributed by atoms with E-state index in [0.29, 0.717) is 6.10 Å². The Morgan fingerprint density at radius 2 is 1.95 bits per heavy atom. The van der Waals surface area contributed by atoms with Crippen LogP contribution in [0, 0.1) is 0 Å². The van der Waals surface area contributed by atoms with Crippen molar-refractivity contribution >= 4 is 0 Å². The normalized spacial score (nSPS) is 18.2. The van der Waals surface area contributed by atoms with Crippen molar-refractivity contribution in [3.05, 3.63) is 29.8 Å². The first-order valence-electron chi connectivity index (χ1n) is 8.33. The molecule has 3 heteroatoms. The van der Waals surface area contributed by atoms with Crippen LogP contribution < -0.4 is 10.1 Å². The van der Waals surface area contributed by atoms with E-state index in [4.69, 9.17) is 9.47 Å². The van der Waals surface area contributed by atoms with E-state index in [1.807, 2.05) is 12.1 Å². The summed E-state index contributed by atoms with van der Waals surface area (Å²) in [6, 6.07) is 8.27. The number of hydrogen-bond donors (Lipinski definition) is 1. The fourth-order valence-electron chi connectivity index (χ4n) is 2.97. The third kappa shape index (κ3) is 5.33. The van der Waals surface area contributed by atoms with Gasteiger partial charge in [0.25, 0.3) is 0 Å². The fourth-order valence-corrected chi connectivity index (χ4v) is 2.97. The molecule has 1 N–H and O–H groups in total. The van der Waals surface area contributed by atoms with Crippen molar-refractivity contribution in [3.63, 3.8) is 0 Å². The highest BCUT2D eigenvalue weighted by Crippen LogP contribution is 2.27. The Bertz CT molecular complexity index is 400. The Kier molecular flexibility index (Phi) is 7.04. The minimum atomic E-state index is 0.114. The molecule has 1 saturated carbocycles. The second-order valence-corrected chi connectivity index (χ2v) is 5.82. The van der Waals surface area contributed by atoms with Crippen LogP contribution in [0.2, 0.25) is 0 Å². The average Bonchev–Trinajstić information content (AvgIpc) is 2.80. The number of rotatable bonds is 7. The molecule has 2 rings (SSSR count). The molecule has 21 heavy (non-hydrogen) atoms. The zero-order valence-electron chi connectivity index (χ0n) is 13.4. The van der Waals surface area contributed by atoms with E-state index >= 15 is 0 Å². The fraction of sp³-hybridized carbons (Fsp3) is 0.667. The van der Waals surface area contributed by atoms with Gasteiger partial charge in [0.15, 0.2) is 0 Å². The smallest absolute Gasteiger partial charge is 0.119 e. The van der Waals surface area contributed by atoms with Crippen molar-refractivity contribution < 1.29 is 9.47 Å². The number of ether oxygens (including phenoxy) is 2. The molecule has 1 unspecified atom stereocenters. The molecule has 0 spiro atoms. The Balaban J connectivity index is 2.04. The molecule has 1 aliphatic rings. The molecule has 0 aliphatic heterocycles. The van der Waals surface area contributed by atoms with Crippen LogP contribution in [-0.2, 0) is 4.74 Å². The summed E-state index contributed by atoms with van der Waals surface area (Å²) >= 11 is 0. The summed E-state index contributed by atoms with van der Waals surface area (Å²) in [7, 11) is 1.71. The number of methoxy groups -OCH3 is 1. The van der Waals surface area contributed by atoms with Crippen LogP contribution in [0.5, 0.6) is 5.75 Å². The maximum atomic E-state index is 6.44. The largest absolute Gasteiger partial charge is 0.497 e. The van der Waals surface area contributed by atoms with E-state index in [2.05, 4.69) is 24.4 Å². The summed E-state index contributed by atoms with van der Waals surface area (Å²) in [5, 5.41) is 3.42. The number of likely N-dealkylation sites (N-methyl/N-ethyl adjacent to an activating group) is 1. The Hall–Kier alpha value is -1.06. The number of hydrogen-bond acceptors (Lipinski definition) is 3. The van der Waals surface area contributed by atoms with Gasteiger partial charge in [-0.25, -0.2) is 0 Å². The van der Waals surface area contributed by atoms with Gasteiger partial charge in [-0.3, -0.25) is 0 Å². The molecule has 1 aromatic carbocycles. The first kappa shape index (κ1) is 16.3. The third-order valence-electron chi connectivity index (χ3n) is 4.20. The summed E-state index contributed by atoms with van der Waals surface area (Å²) in [5.41, 5.74) is 1.21. The molecule has 0 heterocycles. The van der Waals surface area contributed by atoms with Crippen molar-refractivity contribution in [2.75, 3.05) is 20.2 Å². The second kappa shape index (κ2) is 9.06. The summed E-state index contributed by atoms with van der Waals surface area (Å²) in [6.07, 6.45) is 8.24. The van der Waals surface area contributed by atoms with Crippen LogP contribution in [0.4, 0.5) is 0 Å². The maximum absolute atomic E-state index is 6.44. The van der Waals surface area contributed by atoms with Crippen molar-refractivity contribution in [1.29, 1.82) is 0 Å². The summed E-state index contributed by atoms with van der Waals surface area (Å²) in [5.74, 6) is 0.901. The molecule has 1 aliphatic carbocycles. The van der Waals surface area contributed by atoms with Crippen LogP contribution in [0.3, 0.4) is 0 Å². The van der Waals surface area contributed by atoms with Crippen molar-refractivity contribution in [3.8, 4) is 5.75 Å². The highest BCUT2D eigenvalue weighted by molar-refractivity contribution is 5.30. The highest BCUT2D eigenvalue weighted by atomic mass is 16.5. The molecule has 1 atom stereocenters. The first-order chi connectivity index (χ1) is 10.3. The zero-order valence-corrected chi connectivity index (χ0v) is 13.4. The van der Waals surface area contributed by atoms with Crippen LogP contribution in [0.1, 0.15) is 57.1 Å². The quantitative estimate of drug-likeness (QED) is 0.768. The van der Waals surface area contributed by atoms with Crippen LogP contribution >= 0.6 is 0 Å². The standard InChI is InChI=1S/C18H29NO2/c1-3-19-14-18(15-9-8-12-17(13-15)20-2)21-16-10-6-4-5-7-11-16/h8-9,12-13,16,18-19H,3-7,10-11,14H2,1-2H3. The van der Waals surface area contributed by atoms with Gasteiger partial charge < -0.3 is 14.8 Å². The summed E-state index contributed by atoms with van der Waals surface area (Å²) in [6.45, 7) is 3.96. The van der Waals surface area contributed by atoms with E-state index in [9.17, 15) is 0 Å². The lowest BCUT2D eigenvalue weighted by molar-refractivity contribution is -0.0199. The molecule has 0 radical (unpaired) electrons. The second-order valence-electron chi connectivity index (χ2n) is 5.82. The van der Waals surface area contributed by atoms with Crippen LogP contribution in [-0.4, -0.2) is 26.3 Å². The first-order valence-corrected chi connectivity index (χ1v) is 8.33. The molecule has 0 saturated heterocycles. The summed E-state index contributed by atoms with van der Waals surface area (Å²) < 4.78 is 11.8. The topological polar surface area (TPSA) is 30.5 Å². The van der Waals surface area contributed by atoms with Gasteiger partial charge in [-0.05, 0) is 37.1 Å². The Morgan fingerprint density at radius 3 is 2.62 bits per heavy atom. The van der Waals surface area contributed by atoms with E-state index in [1.165, 1.54) is 44.1 Å². The highest BCUT2D eigenvalue weighted by Gasteiger charge is 2.20. The molecule has 1 fully saturated rings. The maximum Gasteiger partial charge on any atom is 0.119 e. The van der Waals surface area contributed by atoms with Gasteiger partial charge in [0.2, 0.25) is 0 Å². The Morgan fingerprint density at radius 1 is 1.19 bits per heavy atom. The molecule has 0 amide bonds. The SMILES string of the molecule is CCNCC(OC1CCCCCC1)c1cccc(OC)c1. The molecule has 0 aromatic heterocycles. The van der Waals surface area contributed by atoms with Crippen LogP contribution in [0.25, 0.3) is 0 Å². The lowest BCUT2D eigenvalue weighted by Crippen LogP contribution is -2.26. The summed E-state index contributed by atoms with van der Waals surface area (Å²) in [4.78, 5) is 0. The minimum Gasteiger partial charge on any atom is -0.497 e. The van der Waals surface area contributed by atoms with E-state index in [-0.39, 0.29) is 6.10 Å². The average molecular weight is 291 g/mol. The van der Waals surface area contributed by atoms with Gasteiger partial charge in [-0.15, -0.1) is 0 Å². The van der Waals surface area contributed by atoms with Gasteiger partial charge in [0.1, 0.15) is 5.75 Å². The number of benzene rings is 1. The third-order valence-corrected chi connectivity index (χ3v) is 4.20. The van der Waals surface area contributed by atoms with Gasteiger partial charge in [-0.1, -0.05) is 44.7 Å². The molecule has 0 bridgehead atoms. The zero-order chi connectivity index (χ0) is 14.9. The monoisotopic (exact) mass is 291 g/mol. The molecule has 118 valence electrons. The van der Waals surface area contributed by atoms with E-state index in [1.54, 1.807) is 7.11 Å². The molecule has 1 aromatic rings. The lowest BCUT2D eigenvalue weighted by atomic mass is 10.1. The van der Waals surface area contributed by atoms with Gasteiger partial charge >= 0.3 is 0 Å². The Labute approximate surface area is 129 Å². The predicted octanol–water partition coefficient (Wildman–Crippen LogP) is 4.09. The molecule has 3 nitrogen and oxygen atoms in total. The van der Waals surface area contributed by atoms with Crippen molar-refractivity contribution in [2.45, 2.75) is 57.7 Å². The van der Waals surface area contributed by atoms with E-state index < -0.39 is 0 Å². The molecular formula is C18H29NO2. The van der Waals surface area contributed by atoms with Gasteiger partial charge in [0, 0.05) is 6.54 Å². The molecular weight excluding hydrogens is 262 g/mol. The van der Waals surface area contributed by atoms with Gasteiger partial charge in [-0.2, -0.15) is 0 Å².